The first kappa shape index (κ1) is 19.1. The molecular formula is C22H22O4. The quantitative estimate of drug-likeness (QED) is 0.408. The van der Waals surface area contributed by atoms with Crippen molar-refractivity contribution < 1.29 is 19.4 Å². The molecule has 0 radical (unpaired) electrons. The smallest absolute Gasteiger partial charge is 0.185 e. The van der Waals surface area contributed by atoms with Crippen LogP contribution in [0.15, 0.2) is 67.8 Å². The van der Waals surface area contributed by atoms with Crippen LogP contribution in [0, 0.1) is 0 Å². The monoisotopic (exact) mass is 350 g/mol. The molecule has 2 rings (SSSR count). The van der Waals surface area contributed by atoms with Crippen molar-refractivity contribution in [2.75, 3.05) is 13.7 Å². The molecule has 0 aromatic heterocycles. The van der Waals surface area contributed by atoms with Gasteiger partial charge in [-0.05, 0) is 54.5 Å². The molecule has 2 aromatic rings. The second-order valence-electron chi connectivity index (χ2n) is 5.54. The average molecular weight is 350 g/mol. The molecule has 0 unspecified atom stereocenters. The summed E-state index contributed by atoms with van der Waals surface area (Å²) in [6.07, 6.45) is 7.04. The summed E-state index contributed by atoms with van der Waals surface area (Å²) in [5.41, 5.74) is 1.98. The van der Waals surface area contributed by atoms with Gasteiger partial charge in [0.1, 0.15) is 23.9 Å². The number of carbonyl (C=O) groups excluding carboxylic acids is 1. The average Bonchev–Trinajstić information content (AvgIpc) is 2.66. The molecule has 0 saturated heterocycles. The number of rotatable bonds is 9. The van der Waals surface area contributed by atoms with Gasteiger partial charge in [-0.15, -0.1) is 6.58 Å². The lowest BCUT2D eigenvalue weighted by atomic mass is 10.0. The normalized spacial score (nSPS) is 10.5. The Morgan fingerprint density at radius 1 is 1.15 bits per heavy atom. The van der Waals surface area contributed by atoms with Crippen molar-refractivity contribution in [3.63, 3.8) is 0 Å². The lowest BCUT2D eigenvalue weighted by Crippen LogP contribution is -1.97. The fourth-order valence-corrected chi connectivity index (χ4v) is 2.39. The van der Waals surface area contributed by atoms with E-state index in [-0.39, 0.29) is 11.5 Å². The highest BCUT2D eigenvalue weighted by Gasteiger charge is 2.08. The van der Waals surface area contributed by atoms with Gasteiger partial charge in [-0.25, -0.2) is 0 Å². The van der Waals surface area contributed by atoms with Gasteiger partial charge in [-0.2, -0.15) is 0 Å². The molecule has 1 N–H and O–H groups in total. The van der Waals surface area contributed by atoms with Crippen molar-refractivity contribution in [1.29, 1.82) is 0 Å². The molecule has 134 valence electrons. The van der Waals surface area contributed by atoms with E-state index >= 15 is 0 Å². The van der Waals surface area contributed by atoms with Gasteiger partial charge in [0.2, 0.25) is 0 Å². The maximum absolute atomic E-state index is 12.4. The molecule has 4 nitrogen and oxygen atoms in total. The van der Waals surface area contributed by atoms with Crippen LogP contribution in [0.5, 0.6) is 17.2 Å². The molecule has 0 fully saturated rings. The molecule has 0 spiro atoms. The number of ether oxygens (including phenoxy) is 2. The van der Waals surface area contributed by atoms with Gasteiger partial charge in [-0.3, -0.25) is 4.79 Å². The van der Waals surface area contributed by atoms with E-state index in [1.54, 1.807) is 48.6 Å². The van der Waals surface area contributed by atoms with Gasteiger partial charge >= 0.3 is 0 Å². The van der Waals surface area contributed by atoms with Crippen LogP contribution in [0.3, 0.4) is 0 Å². The van der Waals surface area contributed by atoms with Crippen LogP contribution in [-0.4, -0.2) is 24.6 Å². The summed E-state index contributed by atoms with van der Waals surface area (Å²) in [5.74, 6) is 1.17. The van der Waals surface area contributed by atoms with Gasteiger partial charge in [0.25, 0.3) is 0 Å². The fraction of sp³-hybridized carbons (Fsp3) is 0.136. The molecule has 0 bridgehead atoms. The molecule has 0 amide bonds. The largest absolute Gasteiger partial charge is 0.508 e. The molecule has 0 saturated carbocycles. The Morgan fingerprint density at radius 2 is 1.88 bits per heavy atom. The van der Waals surface area contributed by atoms with Crippen LogP contribution in [0.1, 0.15) is 21.5 Å². The van der Waals surface area contributed by atoms with Gasteiger partial charge < -0.3 is 14.6 Å². The Kier molecular flexibility index (Phi) is 6.80. The lowest BCUT2D eigenvalue weighted by Gasteiger charge is -2.09. The van der Waals surface area contributed by atoms with E-state index in [0.717, 1.165) is 5.56 Å². The topological polar surface area (TPSA) is 55.8 Å². The summed E-state index contributed by atoms with van der Waals surface area (Å²) >= 11 is 0. The zero-order valence-electron chi connectivity index (χ0n) is 14.8. The number of benzene rings is 2. The number of allylic oxidation sites excluding steroid dienone is 2. The van der Waals surface area contributed by atoms with Crippen LogP contribution < -0.4 is 9.47 Å². The number of carbonyl (C=O) groups is 1. The molecule has 4 heteroatoms. The highest BCUT2D eigenvalue weighted by molar-refractivity contribution is 6.07. The summed E-state index contributed by atoms with van der Waals surface area (Å²) in [6, 6.07) is 10.2. The molecule has 0 aliphatic carbocycles. The minimum atomic E-state index is -0.138. The molecule has 0 atom stereocenters. The standard InChI is InChI=1S/C22H22O4/c1-4-6-17-14-18(22(25-3)15-21(17)24)9-12-20(23)16-7-10-19(11-8-16)26-13-5-2/h4-5,7-12,14-15,24H,1-2,6,13H2,3H3/b12-9+. The van der Waals surface area contributed by atoms with E-state index in [0.29, 0.717) is 35.7 Å². The van der Waals surface area contributed by atoms with Crippen LogP contribution in [-0.2, 0) is 6.42 Å². The number of hydrogen-bond acceptors (Lipinski definition) is 4. The Balaban J connectivity index is 2.20. The first-order valence-electron chi connectivity index (χ1n) is 8.16. The SMILES string of the molecule is C=CCOc1ccc(C(=O)/C=C/c2cc(CC=C)c(O)cc2OC)cc1. The van der Waals surface area contributed by atoms with Crippen molar-refractivity contribution in [3.05, 3.63) is 84.5 Å². The Labute approximate surface area is 153 Å². The Hall–Kier alpha value is -3.27. The summed E-state index contributed by atoms with van der Waals surface area (Å²) in [6.45, 7) is 7.69. The molecule has 0 aliphatic rings. The molecule has 2 aromatic carbocycles. The Bertz CT molecular complexity index is 817. The highest BCUT2D eigenvalue weighted by Crippen LogP contribution is 2.30. The highest BCUT2D eigenvalue weighted by atomic mass is 16.5. The predicted octanol–water partition coefficient (Wildman–Crippen LogP) is 4.59. The summed E-state index contributed by atoms with van der Waals surface area (Å²) in [7, 11) is 1.52. The summed E-state index contributed by atoms with van der Waals surface area (Å²) < 4.78 is 10.7. The van der Waals surface area contributed by atoms with Gasteiger partial charge in [0, 0.05) is 17.2 Å². The van der Waals surface area contributed by atoms with E-state index in [2.05, 4.69) is 13.2 Å². The number of methoxy groups -OCH3 is 1. The molecule has 26 heavy (non-hydrogen) atoms. The molecule has 0 heterocycles. The molecular weight excluding hydrogens is 328 g/mol. The number of phenolic OH excluding ortho intramolecular Hbond substituents is 1. The number of phenols is 1. The van der Waals surface area contributed by atoms with Crippen LogP contribution in [0.4, 0.5) is 0 Å². The first-order chi connectivity index (χ1) is 12.6. The Morgan fingerprint density at radius 3 is 2.50 bits per heavy atom. The third-order valence-electron chi connectivity index (χ3n) is 3.72. The van der Waals surface area contributed by atoms with Crippen molar-refractivity contribution in [1.82, 2.24) is 0 Å². The maximum Gasteiger partial charge on any atom is 0.185 e. The van der Waals surface area contributed by atoms with E-state index < -0.39 is 0 Å². The maximum atomic E-state index is 12.4. The van der Waals surface area contributed by atoms with Gasteiger partial charge in [-0.1, -0.05) is 18.7 Å². The zero-order valence-corrected chi connectivity index (χ0v) is 14.8. The first-order valence-corrected chi connectivity index (χ1v) is 8.16. The fourth-order valence-electron chi connectivity index (χ4n) is 2.39. The third kappa shape index (κ3) is 4.86. The predicted molar refractivity (Wildman–Crippen MR) is 104 cm³/mol. The van der Waals surface area contributed by atoms with Crippen LogP contribution >= 0.6 is 0 Å². The third-order valence-corrected chi connectivity index (χ3v) is 3.72. The second kappa shape index (κ2) is 9.28. The van der Waals surface area contributed by atoms with Crippen molar-refractivity contribution in [2.45, 2.75) is 6.42 Å². The van der Waals surface area contributed by atoms with E-state index in [9.17, 15) is 9.90 Å². The van der Waals surface area contributed by atoms with Crippen LogP contribution in [0.2, 0.25) is 0 Å². The minimum Gasteiger partial charge on any atom is -0.508 e. The van der Waals surface area contributed by atoms with Crippen molar-refractivity contribution in [3.8, 4) is 17.2 Å². The summed E-state index contributed by atoms with van der Waals surface area (Å²) in [5, 5.41) is 9.98. The number of ketones is 1. The number of aromatic hydroxyl groups is 1. The van der Waals surface area contributed by atoms with E-state index in [4.69, 9.17) is 9.47 Å². The zero-order chi connectivity index (χ0) is 18.9. The minimum absolute atomic E-state index is 0.138. The lowest BCUT2D eigenvalue weighted by molar-refractivity contribution is 0.104. The van der Waals surface area contributed by atoms with E-state index in [1.807, 2.05) is 0 Å². The number of hydrogen-bond donors (Lipinski definition) is 1. The van der Waals surface area contributed by atoms with Crippen LogP contribution in [0.25, 0.3) is 6.08 Å². The van der Waals surface area contributed by atoms with Gasteiger partial charge in [0.15, 0.2) is 5.78 Å². The van der Waals surface area contributed by atoms with E-state index in [1.165, 1.54) is 19.3 Å². The second-order valence-corrected chi connectivity index (χ2v) is 5.54. The van der Waals surface area contributed by atoms with Crippen molar-refractivity contribution in [2.24, 2.45) is 0 Å². The van der Waals surface area contributed by atoms with Crippen molar-refractivity contribution >= 4 is 11.9 Å². The molecule has 0 aliphatic heterocycles. The van der Waals surface area contributed by atoms with Gasteiger partial charge in [0.05, 0.1) is 7.11 Å². The summed E-state index contributed by atoms with van der Waals surface area (Å²) in [4.78, 5) is 12.4.